The van der Waals surface area contributed by atoms with E-state index in [2.05, 4.69) is 0 Å². The second kappa shape index (κ2) is 10.1. The summed E-state index contributed by atoms with van der Waals surface area (Å²) in [6.07, 6.45) is -0.404. The third-order valence-electron chi connectivity index (χ3n) is 7.56. The standard InChI is InChI=1S/C26H38O9/c1-14(2)19-12-21-24(7,13-20(19)30)11-10-22(26(21,9)35-18(6)29)33-23(31)25(8,34-17(5)28)15(3)32-16(4)27/h15,21-22H,10-13H2,1-9H3/t15-,21+,22+,24+,25+,26-/m0/s1. The molecule has 0 amide bonds. The molecule has 35 heavy (non-hydrogen) atoms. The normalized spacial score (nSPS) is 30.8. The Morgan fingerprint density at radius 3 is 2.09 bits per heavy atom. The van der Waals surface area contributed by atoms with Crippen molar-refractivity contribution < 1.29 is 42.9 Å². The molecule has 2 aliphatic rings. The van der Waals surface area contributed by atoms with Gasteiger partial charge in [0.05, 0.1) is 0 Å². The summed E-state index contributed by atoms with van der Waals surface area (Å²) in [5, 5.41) is 0. The van der Waals surface area contributed by atoms with Crippen LogP contribution in [0.3, 0.4) is 0 Å². The second-order valence-corrected chi connectivity index (χ2v) is 10.7. The van der Waals surface area contributed by atoms with Gasteiger partial charge in [-0.15, -0.1) is 0 Å². The van der Waals surface area contributed by atoms with Gasteiger partial charge in [0.15, 0.2) is 5.78 Å². The molecule has 9 nitrogen and oxygen atoms in total. The average Bonchev–Trinajstić information content (AvgIpc) is 2.67. The number of hydrogen-bond donors (Lipinski definition) is 0. The molecule has 0 saturated heterocycles. The van der Waals surface area contributed by atoms with Gasteiger partial charge in [0.1, 0.15) is 17.8 Å². The lowest BCUT2D eigenvalue weighted by Crippen LogP contribution is -2.63. The maximum absolute atomic E-state index is 13.4. The molecule has 0 unspecified atom stereocenters. The van der Waals surface area contributed by atoms with Crippen LogP contribution in [0, 0.1) is 11.3 Å². The van der Waals surface area contributed by atoms with Crippen molar-refractivity contribution in [2.75, 3.05) is 0 Å². The minimum atomic E-state index is -1.91. The van der Waals surface area contributed by atoms with E-state index in [9.17, 15) is 24.0 Å². The quantitative estimate of drug-likeness (QED) is 0.309. The maximum atomic E-state index is 13.4. The van der Waals surface area contributed by atoms with Crippen LogP contribution >= 0.6 is 0 Å². The topological polar surface area (TPSA) is 122 Å². The molecular weight excluding hydrogens is 456 g/mol. The highest BCUT2D eigenvalue weighted by Gasteiger charge is 2.61. The van der Waals surface area contributed by atoms with Crippen LogP contribution in [0.15, 0.2) is 11.1 Å². The first kappa shape index (κ1) is 28.5. The molecule has 0 N–H and O–H groups in total. The number of carbonyl (C=O) groups excluding carboxylic acids is 5. The van der Waals surface area contributed by atoms with Gasteiger partial charge in [0, 0.05) is 33.1 Å². The van der Waals surface area contributed by atoms with Crippen LogP contribution in [0.4, 0.5) is 0 Å². The van der Waals surface area contributed by atoms with Gasteiger partial charge in [0.2, 0.25) is 5.60 Å². The van der Waals surface area contributed by atoms with E-state index in [1.807, 2.05) is 20.8 Å². The van der Waals surface area contributed by atoms with Crippen molar-refractivity contribution in [3.05, 3.63) is 11.1 Å². The molecule has 9 heteroatoms. The van der Waals surface area contributed by atoms with Crippen LogP contribution in [0.25, 0.3) is 0 Å². The van der Waals surface area contributed by atoms with Gasteiger partial charge in [-0.2, -0.15) is 0 Å². The molecule has 0 aromatic rings. The number of rotatable bonds is 6. The van der Waals surface area contributed by atoms with Crippen molar-refractivity contribution in [1.29, 1.82) is 0 Å². The number of allylic oxidation sites excluding steroid dienone is 2. The van der Waals surface area contributed by atoms with Crippen molar-refractivity contribution in [3.63, 3.8) is 0 Å². The predicted molar refractivity (Wildman–Crippen MR) is 125 cm³/mol. The summed E-state index contributed by atoms with van der Waals surface area (Å²) in [5.74, 6) is -3.06. The Labute approximate surface area is 206 Å². The lowest BCUT2D eigenvalue weighted by Gasteiger charge is -2.56. The molecule has 0 aromatic carbocycles. The van der Waals surface area contributed by atoms with E-state index in [0.717, 1.165) is 12.5 Å². The highest BCUT2D eigenvalue weighted by Crippen LogP contribution is 2.56. The first-order valence-corrected chi connectivity index (χ1v) is 11.9. The first-order chi connectivity index (χ1) is 16.0. The molecule has 2 saturated carbocycles. The smallest absolute Gasteiger partial charge is 0.354 e. The van der Waals surface area contributed by atoms with Gasteiger partial charge in [0.25, 0.3) is 0 Å². The summed E-state index contributed by atoms with van der Waals surface area (Å²) in [7, 11) is 0. The Morgan fingerprint density at radius 1 is 1.00 bits per heavy atom. The van der Waals surface area contributed by atoms with E-state index < -0.39 is 52.7 Å². The average molecular weight is 495 g/mol. The molecule has 6 atom stereocenters. The van der Waals surface area contributed by atoms with Crippen LogP contribution in [0.2, 0.25) is 0 Å². The summed E-state index contributed by atoms with van der Waals surface area (Å²) >= 11 is 0. The lowest BCUT2D eigenvalue weighted by atomic mass is 9.53. The minimum absolute atomic E-state index is 0.0852. The Kier molecular flexibility index (Phi) is 8.24. The van der Waals surface area contributed by atoms with Crippen LogP contribution < -0.4 is 0 Å². The number of Topliss-reactive ketones (excluding diaryl/α,β-unsaturated/α-hetero) is 1. The van der Waals surface area contributed by atoms with Crippen LogP contribution in [-0.2, 0) is 42.9 Å². The zero-order chi connectivity index (χ0) is 26.9. The summed E-state index contributed by atoms with van der Waals surface area (Å²) in [4.78, 5) is 61.8. The van der Waals surface area contributed by atoms with E-state index >= 15 is 0 Å². The van der Waals surface area contributed by atoms with Gasteiger partial charge in [-0.1, -0.05) is 12.5 Å². The molecule has 0 heterocycles. The van der Waals surface area contributed by atoms with Crippen LogP contribution in [0.5, 0.6) is 0 Å². The third kappa shape index (κ3) is 5.76. The highest BCUT2D eigenvalue weighted by molar-refractivity contribution is 5.97. The SMILES string of the molecule is CC(=O)O[C@@H](C)[C@@](C)(OC(C)=O)C(=O)O[C@@H]1CC[C@]2(C)CC(=O)C(=C(C)C)C[C@H]2[C@]1(C)OC(C)=O. The third-order valence-corrected chi connectivity index (χ3v) is 7.56. The molecule has 196 valence electrons. The van der Waals surface area contributed by atoms with E-state index in [1.165, 1.54) is 27.7 Å². The van der Waals surface area contributed by atoms with Gasteiger partial charge in [-0.3, -0.25) is 19.2 Å². The number of hydrogen-bond acceptors (Lipinski definition) is 9. The molecule has 0 radical (unpaired) electrons. The predicted octanol–water partition coefficient (Wildman–Crippen LogP) is 3.61. The first-order valence-electron chi connectivity index (χ1n) is 11.9. The number of ether oxygens (including phenoxy) is 4. The summed E-state index contributed by atoms with van der Waals surface area (Å²) < 4.78 is 22.2. The van der Waals surface area contributed by atoms with Gasteiger partial charge >= 0.3 is 23.9 Å². The molecule has 2 fully saturated rings. The van der Waals surface area contributed by atoms with E-state index in [1.54, 1.807) is 6.92 Å². The zero-order valence-corrected chi connectivity index (χ0v) is 22.2. The van der Waals surface area contributed by atoms with Crippen molar-refractivity contribution in [2.24, 2.45) is 11.3 Å². The molecule has 0 aliphatic heterocycles. The number of esters is 4. The molecule has 0 bridgehead atoms. The summed E-state index contributed by atoms with van der Waals surface area (Å²) in [6.45, 7) is 13.8. The van der Waals surface area contributed by atoms with Crippen molar-refractivity contribution >= 4 is 29.7 Å². The van der Waals surface area contributed by atoms with Gasteiger partial charge in [-0.25, -0.2) is 4.79 Å². The Hall–Kier alpha value is -2.71. The van der Waals surface area contributed by atoms with Gasteiger partial charge in [-0.05, 0) is 64.9 Å². The highest BCUT2D eigenvalue weighted by atomic mass is 16.6. The second-order valence-electron chi connectivity index (χ2n) is 10.7. The monoisotopic (exact) mass is 494 g/mol. The molecule has 2 aliphatic carbocycles. The molecule has 2 rings (SSSR count). The van der Waals surface area contributed by atoms with Crippen molar-refractivity contribution in [3.8, 4) is 0 Å². The van der Waals surface area contributed by atoms with E-state index in [0.29, 0.717) is 31.3 Å². The Balaban J connectivity index is 2.48. The number of carbonyl (C=O) groups is 5. The van der Waals surface area contributed by atoms with Crippen molar-refractivity contribution in [1.82, 2.24) is 0 Å². The lowest BCUT2D eigenvalue weighted by molar-refractivity contribution is -0.231. The van der Waals surface area contributed by atoms with E-state index in [4.69, 9.17) is 18.9 Å². The fourth-order valence-electron chi connectivity index (χ4n) is 5.59. The Morgan fingerprint density at radius 2 is 1.60 bits per heavy atom. The molecule has 0 aromatic heterocycles. The van der Waals surface area contributed by atoms with Crippen molar-refractivity contribution in [2.45, 2.75) is 111 Å². The largest absolute Gasteiger partial charge is 0.458 e. The fourth-order valence-corrected chi connectivity index (χ4v) is 5.59. The number of ketones is 1. The molecule has 0 spiro atoms. The van der Waals surface area contributed by atoms with Crippen LogP contribution in [-0.4, -0.2) is 53.1 Å². The maximum Gasteiger partial charge on any atom is 0.354 e. The Bertz CT molecular complexity index is 946. The van der Waals surface area contributed by atoms with Crippen LogP contribution in [0.1, 0.15) is 88.0 Å². The summed E-state index contributed by atoms with van der Waals surface area (Å²) in [5.41, 5.74) is -2.00. The zero-order valence-electron chi connectivity index (χ0n) is 22.2. The van der Waals surface area contributed by atoms with E-state index in [-0.39, 0.29) is 11.7 Å². The summed E-state index contributed by atoms with van der Waals surface area (Å²) in [6, 6.07) is 0. The van der Waals surface area contributed by atoms with Gasteiger partial charge < -0.3 is 18.9 Å². The molecular formula is C26H38O9. The number of fused-ring (bicyclic) bond motifs is 1. The fraction of sp³-hybridized carbons (Fsp3) is 0.731. The minimum Gasteiger partial charge on any atom is -0.458 e.